The van der Waals surface area contributed by atoms with Crippen LogP contribution in [0.15, 0.2) is 24.5 Å². The van der Waals surface area contributed by atoms with E-state index in [0.717, 1.165) is 44.9 Å². The molecule has 0 spiro atoms. The zero-order chi connectivity index (χ0) is 15.3. The Bertz CT molecular complexity index is 410. The van der Waals surface area contributed by atoms with Gasteiger partial charge in [0.25, 0.3) is 0 Å². The second-order valence-electron chi connectivity index (χ2n) is 6.84. The summed E-state index contributed by atoms with van der Waals surface area (Å²) in [5.74, 6) is 0.739. The average molecular weight is 290 g/mol. The van der Waals surface area contributed by atoms with Gasteiger partial charge in [0.15, 0.2) is 0 Å². The molecule has 1 aliphatic heterocycles. The van der Waals surface area contributed by atoms with E-state index in [2.05, 4.69) is 41.7 Å². The molecule has 0 aromatic carbocycles. The lowest BCUT2D eigenvalue weighted by molar-refractivity contribution is 0.0364. The highest BCUT2D eigenvalue weighted by Crippen LogP contribution is 2.28. The number of nitrogens with zero attached hydrogens (tertiary/aromatic N) is 3. The van der Waals surface area contributed by atoms with E-state index >= 15 is 0 Å². The van der Waals surface area contributed by atoms with E-state index in [1.54, 1.807) is 0 Å². The number of hydrogen-bond acceptors (Lipinski definition) is 4. The third-order valence-corrected chi connectivity index (χ3v) is 4.74. The van der Waals surface area contributed by atoms with Crippen molar-refractivity contribution >= 4 is 0 Å². The molecule has 2 heterocycles. The number of rotatable bonds is 6. The van der Waals surface area contributed by atoms with Crippen molar-refractivity contribution in [1.82, 2.24) is 14.8 Å². The second-order valence-corrected chi connectivity index (χ2v) is 6.84. The van der Waals surface area contributed by atoms with Gasteiger partial charge in [-0.1, -0.05) is 19.9 Å². The van der Waals surface area contributed by atoms with Gasteiger partial charge in [0, 0.05) is 37.6 Å². The minimum absolute atomic E-state index is 0.142. The molecule has 1 aliphatic rings. The molecule has 0 aliphatic carbocycles. The first-order valence-electron chi connectivity index (χ1n) is 8.08. The van der Waals surface area contributed by atoms with Crippen molar-refractivity contribution < 1.29 is 0 Å². The fourth-order valence-electron chi connectivity index (χ4n) is 3.34. The molecule has 4 heteroatoms. The van der Waals surface area contributed by atoms with Crippen LogP contribution in [0.2, 0.25) is 0 Å². The van der Waals surface area contributed by atoms with Gasteiger partial charge in [0.2, 0.25) is 0 Å². The van der Waals surface area contributed by atoms with Gasteiger partial charge >= 0.3 is 0 Å². The average Bonchev–Trinajstić information content (AvgIpc) is 2.48. The number of hydrogen-bond donors (Lipinski definition) is 1. The Morgan fingerprint density at radius 1 is 1.38 bits per heavy atom. The quantitative estimate of drug-likeness (QED) is 0.870. The molecule has 4 nitrogen and oxygen atoms in total. The summed E-state index contributed by atoms with van der Waals surface area (Å²) in [7, 11) is 2.21. The van der Waals surface area contributed by atoms with Crippen molar-refractivity contribution in [3.05, 3.63) is 30.1 Å². The molecule has 21 heavy (non-hydrogen) atoms. The summed E-state index contributed by atoms with van der Waals surface area (Å²) in [4.78, 5) is 9.23. The van der Waals surface area contributed by atoms with Gasteiger partial charge in [0.1, 0.15) is 0 Å². The zero-order valence-corrected chi connectivity index (χ0v) is 13.8. The molecule has 1 fully saturated rings. The monoisotopic (exact) mass is 290 g/mol. The van der Waals surface area contributed by atoms with Crippen LogP contribution in [0.25, 0.3) is 0 Å². The van der Waals surface area contributed by atoms with Crippen molar-refractivity contribution in [1.29, 1.82) is 0 Å². The summed E-state index contributed by atoms with van der Waals surface area (Å²) in [5, 5.41) is 0. The van der Waals surface area contributed by atoms with Crippen LogP contribution in [-0.4, -0.2) is 53.5 Å². The maximum absolute atomic E-state index is 6.16. The van der Waals surface area contributed by atoms with E-state index in [9.17, 15) is 0 Å². The van der Waals surface area contributed by atoms with Crippen molar-refractivity contribution in [2.24, 2.45) is 11.7 Å². The molecule has 0 atom stereocenters. The second kappa shape index (κ2) is 7.34. The Kier molecular flexibility index (Phi) is 5.73. The van der Waals surface area contributed by atoms with E-state index in [0.29, 0.717) is 0 Å². The van der Waals surface area contributed by atoms with Gasteiger partial charge in [-0.15, -0.1) is 0 Å². The Balaban J connectivity index is 1.96. The minimum atomic E-state index is 0.142. The summed E-state index contributed by atoms with van der Waals surface area (Å²) in [5.41, 5.74) is 7.57. The Morgan fingerprint density at radius 2 is 2.10 bits per heavy atom. The zero-order valence-electron chi connectivity index (χ0n) is 13.8. The van der Waals surface area contributed by atoms with E-state index in [1.807, 2.05) is 18.5 Å². The highest BCUT2D eigenvalue weighted by molar-refractivity contribution is 5.09. The molecule has 0 amide bonds. The predicted octanol–water partition coefficient (Wildman–Crippen LogP) is 1.96. The number of aromatic nitrogens is 1. The normalized spacial score (nSPS) is 19.3. The molecular formula is C17H30N4. The largest absolute Gasteiger partial charge is 0.329 e. The van der Waals surface area contributed by atoms with Crippen LogP contribution in [0.1, 0.15) is 32.3 Å². The third kappa shape index (κ3) is 4.25. The first-order valence-corrected chi connectivity index (χ1v) is 8.08. The Hall–Kier alpha value is -0.970. The first-order chi connectivity index (χ1) is 10.1. The molecular weight excluding hydrogens is 260 g/mol. The molecule has 0 radical (unpaired) electrons. The number of likely N-dealkylation sites (N-methyl/N-ethyl adjacent to an activating group) is 1. The van der Waals surface area contributed by atoms with Crippen molar-refractivity contribution in [3.8, 4) is 0 Å². The fraction of sp³-hybridized carbons (Fsp3) is 0.706. The summed E-state index contributed by atoms with van der Waals surface area (Å²) >= 11 is 0. The van der Waals surface area contributed by atoms with E-state index in [-0.39, 0.29) is 5.54 Å². The van der Waals surface area contributed by atoms with E-state index in [4.69, 9.17) is 5.73 Å². The predicted molar refractivity (Wildman–Crippen MR) is 88.0 cm³/mol. The number of piperidine rings is 1. The molecule has 2 N–H and O–H groups in total. The van der Waals surface area contributed by atoms with Crippen molar-refractivity contribution in [2.75, 3.05) is 33.2 Å². The summed E-state index contributed by atoms with van der Waals surface area (Å²) in [6.45, 7) is 9.76. The summed E-state index contributed by atoms with van der Waals surface area (Å²) < 4.78 is 0. The summed E-state index contributed by atoms with van der Waals surface area (Å²) in [6, 6.07) is 4.14. The van der Waals surface area contributed by atoms with Gasteiger partial charge < -0.3 is 10.6 Å². The molecule has 0 unspecified atom stereocenters. The number of pyridine rings is 1. The van der Waals surface area contributed by atoms with Crippen molar-refractivity contribution in [3.63, 3.8) is 0 Å². The molecule has 1 saturated heterocycles. The standard InChI is InChI=1S/C17H30N4/c1-15(2)12-21-9-6-17(14-18,7-10-21)20(3)13-16-5-4-8-19-11-16/h4-5,8,11,15H,6-7,9-10,12-14,18H2,1-3H3. The molecule has 0 saturated carbocycles. The Morgan fingerprint density at radius 3 is 2.62 bits per heavy atom. The van der Waals surface area contributed by atoms with Gasteiger partial charge in [-0.25, -0.2) is 0 Å². The first kappa shape index (κ1) is 16.4. The molecule has 2 rings (SSSR count). The van der Waals surface area contributed by atoms with Crippen LogP contribution < -0.4 is 5.73 Å². The molecule has 1 aromatic rings. The summed E-state index contributed by atoms with van der Waals surface area (Å²) in [6.07, 6.45) is 6.10. The van der Waals surface area contributed by atoms with Crippen LogP contribution in [0.4, 0.5) is 0 Å². The van der Waals surface area contributed by atoms with Crippen LogP contribution in [-0.2, 0) is 6.54 Å². The lowest BCUT2D eigenvalue weighted by atomic mass is 9.85. The topological polar surface area (TPSA) is 45.4 Å². The van der Waals surface area contributed by atoms with Crippen LogP contribution >= 0.6 is 0 Å². The van der Waals surface area contributed by atoms with Crippen LogP contribution in [0, 0.1) is 5.92 Å². The molecule has 1 aromatic heterocycles. The van der Waals surface area contributed by atoms with Gasteiger partial charge in [-0.05, 0) is 50.5 Å². The van der Waals surface area contributed by atoms with Gasteiger partial charge in [-0.2, -0.15) is 0 Å². The SMILES string of the molecule is CC(C)CN1CCC(CN)(N(C)Cc2cccnc2)CC1. The lowest BCUT2D eigenvalue weighted by Crippen LogP contribution is -2.58. The van der Waals surface area contributed by atoms with Crippen molar-refractivity contribution in [2.45, 2.75) is 38.8 Å². The Labute approximate surface area is 129 Å². The van der Waals surface area contributed by atoms with E-state index in [1.165, 1.54) is 12.1 Å². The minimum Gasteiger partial charge on any atom is -0.329 e. The molecule has 118 valence electrons. The highest BCUT2D eigenvalue weighted by atomic mass is 15.2. The third-order valence-electron chi connectivity index (χ3n) is 4.74. The smallest absolute Gasteiger partial charge is 0.0356 e. The van der Waals surface area contributed by atoms with Gasteiger partial charge in [0.05, 0.1) is 0 Å². The van der Waals surface area contributed by atoms with Crippen LogP contribution in [0.5, 0.6) is 0 Å². The maximum Gasteiger partial charge on any atom is 0.0356 e. The van der Waals surface area contributed by atoms with E-state index < -0.39 is 0 Å². The lowest BCUT2D eigenvalue weighted by Gasteiger charge is -2.47. The molecule has 0 bridgehead atoms. The van der Waals surface area contributed by atoms with Crippen LogP contribution in [0.3, 0.4) is 0 Å². The highest BCUT2D eigenvalue weighted by Gasteiger charge is 2.36. The van der Waals surface area contributed by atoms with Gasteiger partial charge in [-0.3, -0.25) is 9.88 Å². The maximum atomic E-state index is 6.16. The fourth-order valence-corrected chi connectivity index (χ4v) is 3.34. The number of nitrogens with two attached hydrogens (primary N) is 1. The number of likely N-dealkylation sites (tertiary alicyclic amines) is 1.